The van der Waals surface area contributed by atoms with Gasteiger partial charge in [0.15, 0.2) is 6.19 Å². The Bertz CT molecular complexity index is 1330. The largest absolute Gasteiger partial charge is 0.407 e. The van der Waals surface area contributed by atoms with Gasteiger partial charge in [-0.25, -0.2) is 4.39 Å². The normalized spacial score (nSPS) is 17.6. The fraction of sp³-hybridized carbons (Fsp3) is 0.448. The summed E-state index contributed by atoms with van der Waals surface area (Å²) in [6.45, 7) is 2.36. The number of nitriles is 2. The summed E-state index contributed by atoms with van der Waals surface area (Å²) < 4.78 is 57.1. The van der Waals surface area contributed by atoms with Crippen LogP contribution in [0.15, 0.2) is 48.5 Å². The van der Waals surface area contributed by atoms with Gasteiger partial charge in [-0.2, -0.15) is 23.7 Å². The number of carbonyl (C=O) groups excluding carboxylic acids is 1. The van der Waals surface area contributed by atoms with E-state index in [0.29, 0.717) is 29.5 Å². The number of rotatable bonds is 10. The van der Waals surface area contributed by atoms with Gasteiger partial charge in [-0.15, -0.1) is 0 Å². The summed E-state index contributed by atoms with van der Waals surface area (Å²) >= 11 is 0. The molecule has 2 aromatic carbocycles. The fourth-order valence-electron chi connectivity index (χ4n) is 4.48. The highest BCUT2D eigenvalue weighted by atomic mass is 19.4. The Balaban J connectivity index is 1.52. The van der Waals surface area contributed by atoms with Gasteiger partial charge in [0, 0.05) is 18.0 Å². The molecule has 2 aromatic rings. The zero-order valence-corrected chi connectivity index (χ0v) is 22.1. The number of nitrogens with one attached hydrogen (secondary N) is 3. The first-order valence-corrected chi connectivity index (χ1v) is 13.0. The second kappa shape index (κ2) is 10.9. The van der Waals surface area contributed by atoms with Crippen molar-refractivity contribution in [3.05, 3.63) is 59.7 Å². The number of benzene rings is 2. The lowest BCUT2D eigenvalue weighted by molar-refractivity contribution is -0.161. The van der Waals surface area contributed by atoms with Gasteiger partial charge in [0.05, 0.1) is 12.1 Å². The zero-order chi connectivity index (χ0) is 29.3. The van der Waals surface area contributed by atoms with E-state index in [1.807, 2.05) is 12.3 Å². The van der Waals surface area contributed by atoms with Gasteiger partial charge in [0.25, 0.3) is 0 Å². The average Bonchev–Trinajstić information content (AvgIpc) is 3.83. The monoisotopic (exact) mass is 554 g/mol. The van der Waals surface area contributed by atoms with Crippen molar-refractivity contribution in [1.29, 1.82) is 15.9 Å². The molecule has 2 aliphatic carbocycles. The van der Waals surface area contributed by atoms with Crippen molar-refractivity contribution in [1.82, 2.24) is 15.5 Å². The van der Waals surface area contributed by atoms with Crippen LogP contribution in [0.1, 0.15) is 63.1 Å². The van der Waals surface area contributed by atoms with Gasteiger partial charge in [0.1, 0.15) is 23.1 Å². The first kappa shape index (κ1) is 29.0. The highest BCUT2D eigenvalue weighted by molar-refractivity contribution is 5.98. The van der Waals surface area contributed by atoms with Crippen molar-refractivity contribution < 1.29 is 22.4 Å². The minimum Gasteiger partial charge on any atom is -0.336 e. The molecule has 210 valence electrons. The van der Waals surface area contributed by atoms with E-state index in [1.165, 1.54) is 43.0 Å². The number of hydrogen-bond donors (Lipinski definition) is 3. The van der Waals surface area contributed by atoms with Crippen molar-refractivity contribution in [3.8, 4) is 23.4 Å². The van der Waals surface area contributed by atoms with Gasteiger partial charge in [0.2, 0.25) is 5.91 Å². The molecule has 0 bridgehead atoms. The molecule has 2 unspecified atom stereocenters. The van der Waals surface area contributed by atoms with E-state index in [0.717, 1.165) is 12.8 Å². The Morgan fingerprint density at radius 3 is 2.02 bits per heavy atom. The molecule has 2 saturated carbocycles. The number of amides is 1. The Morgan fingerprint density at radius 2 is 1.60 bits per heavy atom. The molecule has 0 saturated heterocycles. The summed E-state index contributed by atoms with van der Waals surface area (Å²) in [5.41, 5.74) is -1.31. The maximum Gasteiger partial charge on any atom is 0.407 e. The molecular weight excluding hydrogens is 524 g/mol. The van der Waals surface area contributed by atoms with Crippen LogP contribution in [0.2, 0.25) is 0 Å². The Morgan fingerprint density at radius 1 is 1.05 bits per heavy atom. The number of hydrogen-bond acceptors (Lipinski definition) is 5. The summed E-state index contributed by atoms with van der Waals surface area (Å²) in [7, 11) is 0. The SMILES string of the molecule is CC(C)(F)CC(NC(c1ccc(-c2ccc(C(=N)N(C#N)C3CC3)cc2)cc1)C(F)(F)F)C(=O)NC1(C#N)CC1. The lowest BCUT2D eigenvalue weighted by Gasteiger charge is -2.30. The summed E-state index contributed by atoms with van der Waals surface area (Å²) in [5, 5.41) is 31.7. The maximum atomic E-state index is 14.5. The zero-order valence-electron chi connectivity index (χ0n) is 22.1. The number of nitrogens with zero attached hydrogens (tertiary/aromatic N) is 3. The summed E-state index contributed by atoms with van der Waals surface area (Å²) in [4.78, 5) is 14.2. The molecule has 0 aromatic heterocycles. The molecule has 3 N–H and O–H groups in total. The second-order valence-electron chi connectivity index (χ2n) is 11.0. The van der Waals surface area contributed by atoms with Crippen molar-refractivity contribution in [2.24, 2.45) is 0 Å². The van der Waals surface area contributed by atoms with Gasteiger partial charge < -0.3 is 5.32 Å². The van der Waals surface area contributed by atoms with E-state index < -0.39 is 41.8 Å². The molecule has 11 heteroatoms. The molecule has 2 atom stereocenters. The van der Waals surface area contributed by atoms with Crippen LogP contribution >= 0.6 is 0 Å². The minimum absolute atomic E-state index is 0.0581. The highest BCUT2D eigenvalue weighted by Gasteiger charge is 2.48. The molecule has 40 heavy (non-hydrogen) atoms. The van der Waals surface area contributed by atoms with Crippen LogP contribution in [0.25, 0.3) is 11.1 Å². The first-order valence-electron chi connectivity index (χ1n) is 13.0. The maximum absolute atomic E-state index is 14.5. The van der Waals surface area contributed by atoms with E-state index >= 15 is 0 Å². The van der Waals surface area contributed by atoms with Crippen molar-refractivity contribution in [2.75, 3.05) is 0 Å². The van der Waals surface area contributed by atoms with E-state index in [9.17, 15) is 32.9 Å². The van der Waals surface area contributed by atoms with E-state index in [4.69, 9.17) is 5.41 Å². The van der Waals surface area contributed by atoms with E-state index in [-0.39, 0.29) is 17.4 Å². The third-order valence-electron chi connectivity index (χ3n) is 7.02. The quantitative estimate of drug-likeness (QED) is 0.118. The number of halogens is 4. The lowest BCUT2D eigenvalue weighted by atomic mass is 9.96. The van der Waals surface area contributed by atoms with Crippen LogP contribution in [-0.4, -0.2) is 46.1 Å². The van der Waals surface area contributed by atoms with Gasteiger partial charge in [-0.05, 0) is 56.2 Å². The number of carbonyl (C=O) groups is 1. The average molecular weight is 555 g/mol. The third kappa shape index (κ3) is 6.97. The fourth-order valence-corrected chi connectivity index (χ4v) is 4.48. The Kier molecular flexibility index (Phi) is 7.91. The molecule has 7 nitrogen and oxygen atoms in total. The van der Waals surface area contributed by atoms with Crippen LogP contribution in [-0.2, 0) is 4.79 Å². The van der Waals surface area contributed by atoms with E-state index in [2.05, 4.69) is 10.6 Å². The third-order valence-corrected chi connectivity index (χ3v) is 7.02. The predicted molar refractivity (Wildman–Crippen MR) is 140 cm³/mol. The highest BCUT2D eigenvalue weighted by Crippen LogP contribution is 2.37. The molecule has 0 heterocycles. The minimum atomic E-state index is -4.79. The first-order chi connectivity index (χ1) is 18.7. The molecule has 4 rings (SSSR count). The second-order valence-corrected chi connectivity index (χ2v) is 11.0. The van der Waals surface area contributed by atoms with Crippen LogP contribution in [0.5, 0.6) is 0 Å². The molecular formula is C29H30F4N6O. The van der Waals surface area contributed by atoms with Gasteiger partial charge in [-0.3, -0.25) is 20.4 Å². The molecule has 0 aliphatic heterocycles. The lowest BCUT2D eigenvalue weighted by Crippen LogP contribution is -2.53. The van der Waals surface area contributed by atoms with Gasteiger partial charge in [-0.1, -0.05) is 48.5 Å². The predicted octanol–water partition coefficient (Wildman–Crippen LogP) is 5.50. The van der Waals surface area contributed by atoms with E-state index in [1.54, 1.807) is 24.3 Å². The van der Waals surface area contributed by atoms with Crippen LogP contribution < -0.4 is 10.6 Å². The summed E-state index contributed by atoms with van der Waals surface area (Å²) in [6.07, 6.45) is -0.748. The Hall–Kier alpha value is -3.96. The molecule has 0 radical (unpaired) electrons. The summed E-state index contributed by atoms with van der Waals surface area (Å²) in [6, 6.07) is 10.7. The molecule has 0 spiro atoms. The van der Waals surface area contributed by atoms with Crippen molar-refractivity contribution >= 4 is 11.7 Å². The smallest absolute Gasteiger partial charge is 0.336 e. The van der Waals surface area contributed by atoms with Crippen LogP contribution in [0.4, 0.5) is 17.6 Å². The number of amidine groups is 1. The molecule has 2 fully saturated rings. The van der Waals surface area contributed by atoms with Crippen LogP contribution in [0, 0.1) is 28.2 Å². The van der Waals surface area contributed by atoms with Gasteiger partial charge >= 0.3 is 6.18 Å². The topological polar surface area (TPSA) is 116 Å². The molecule has 1 amide bonds. The van der Waals surface area contributed by atoms with Crippen LogP contribution in [0.3, 0.4) is 0 Å². The standard InChI is InChI=1S/C29H30F4N6O/c1-27(2,30)15-23(26(40)38-28(16-34)13-14-28)37-24(29(31,32)33)20-7-3-18(4-8-20)19-5-9-21(10-6-19)25(36)39(17-35)22-11-12-22/h3-10,22-24,36-37H,11-15H2,1-2H3,(H,38,40). The summed E-state index contributed by atoms with van der Waals surface area (Å²) in [5.74, 6) is -0.749. The van der Waals surface area contributed by atoms with Crippen molar-refractivity contribution in [3.63, 3.8) is 0 Å². The Labute approximate surface area is 230 Å². The molecule has 2 aliphatic rings. The number of alkyl halides is 4. The van der Waals surface area contributed by atoms with Crippen molar-refractivity contribution in [2.45, 2.75) is 81.5 Å².